The van der Waals surface area contributed by atoms with Crippen LogP contribution in [0.25, 0.3) is 5.57 Å². The Morgan fingerprint density at radius 1 is 1.03 bits per heavy atom. The number of rotatable bonds is 16. The molecule has 1 saturated carbocycles. The lowest BCUT2D eigenvalue weighted by Crippen LogP contribution is -2.75. The van der Waals surface area contributed by atoms with E-state index in [0.29, 0.717) is 40.9 Å². The lowest BCUT2D eigenvalue weighted by molar-refractivity contribution is -0.174. The molecule has 6 N–H and O–H groups in total. The van der Waals surface area contributed by atoms with Crippen molar-refractivity contribution in [2.75, 3.05) is 40.3 Å². The van der Waals surface area contributed by atoms with Crippen molar-refractivity contribution in [3.8, 4) is 23.3 Å². The van der Waals surface area contributed by atoms with Gasteiger partial charge in [-0.3, -0.25) is 20.3 Å². The highest BCUT2D eigenvalue weighted by Crippen LogP contribution is 2.55. The van der Waals surface area contributed by atoms with Gasteiger partial charge in [-0.1, -0.05) is 57.5 Å². The monoisotopic (exact) mass is 839 g/mol. The minimum absolute atomic E-state index is 0.0180. The van der Waals surface area contributed by atoms with E-state index in [4.69, 9.17) is 21.1 Å². The summed E-state index contributed by atoms with van der Waals surface area (Å²) >= 11 is 6.26. The SMILES string of the molecule is CN/C=C(/c1cc(C(C)(C)O)ccc1Oc1ccc(CCCN(C)C2NCC(C(=O)NC3C(C)(C)C(Oc4ccc(C#N)c(Cl)c4)C3(C)C)CN2)cc1)C1CCNC1C=O. The number of carbonyl (C=O) groups excluding carboxylic acids is 2. The second-order valence-electron chi connectivity index (χ2n) is 18.3. The van der Waals surface area contributed by atoms with Gasteiger partial charge in [-0.2, -0.15) is 5.26 Å². The Bertz CT molecular complexity index is 2050. The number of hydrogen-bond donors (Lipinski definition) is 6. The molecule has 3 aromatic carbocycles. The van der Waals surface area contributed by atoms with Crippen molar-refractivity contribution in [2.24, 2.45) is 22.7 Å². The molecule has 3 aromatic rings. The van der Waals surface area contributed by atoms with Crippen LogP contribution in [0.4, 0.5) is 0 Å². The number of hydrogen-bond acceptors (Lipinski definition) is 11. The molecule has 0 aromatic heterocycles. The summed E-state index contributed by atoms with van der Waals surface area (Å²) in [5.74, 6) is 1.73. The first-order valence-electron chi connectivity index (χ1n) is 21.0. The number of benzene rings is 3. The van der Waals surface area contributed by atoms with Crippen molar-refractivity contribution in [3.05, 3.63) is 94.1 Å². The molecule has 2 heterocycles. The van der Waals surface area contributed by atoms with Crippen LogP contribution in [0, 0.1) is 34.0 Å². The van der Waals surface area contributed by atoms with Crippen LogP contribution in [0.2, 0.25) is 5.02 Å². The summed E-state index contributed by atoms with van der Waals surface area (Å²) in [7, 11) is 3.93. The van der Waals surface area contributed by atoms with Crippen LogP contribution in [0.1, 0.15) is 76.6 Å². The van der Waals surface area contributed by atoms with E-state index in [0.717, 1.165) is 55.3 Å². The maximum absolute atomic E-state index is 13.6. The average molecular weight is 841 g/mol. The Kier molecular flexibility index (Phi) is 14.0. The summed E-state index contributed by atoms with van der Waals surface area (Å²) in [5.41, 5.74) is 2.45. The summed E-state index contributed by atoms with van der Waals surface area (Å²) < 4.78 is 12.9. The fourth-order valence-corrected chi connectivity index (χ4v) is 9.72. The van der Waals surface area contributed by atoms with Crippen molar-refractivity contribution in [2.45, 2.75) is 90.9 Å². The van der Waals surface area contributed by atoms with E-state index in [1.54, 1.807) is 32.0 Å². The zero-order chi connectivity index (χ0) is 43.4. The third-order valence-corrected chi connectivity index (χ3v) is 12.9. The van der Waals surface area contributed by atoms with Crippen molar-refractivity contribution < 1.29 is 24.2 Å². The normalized spacial score (nSPS) is 24.9. The number of amides is 1. The number of aldehydes is 1. The number of nitrogens with one attached hydrogen (secondary N) is 5. The third kappa shape index (κ3) is 9.83. The average Bonchev–Trinajstić information content (AvgIpc) is 3.70. The first-order chi connectivity index (χ1) is 28.5. The summed E-state index contributed by atoms with van der Waals surface area (Å²) in [4.78, 5) is 27.7. The fraction of sp³-hybridized carbons (Fsp3) is 0.511. The van der Waals surface area contributed by atoms with Gasteiger partial charge >= 0.3 is 0 Å². The van der Waals surface area contributed by atoms with E-state index in [-0.39, 0.29) is 53.1 Å². The minimum atomic E-state index is -1.05. The maximum atomic E-state index is 13.6. The van der Waals surface area contributed by atoms with Gasteiger partial charge in [0.2, 0.25) is 5.91 Å². The molecule has 0 bridgehead atoms. The van der Waals surface area contributed by atoms with Crippen LogP contribution in [0.5, 0.6) is 17.2 Å². The van der Waals surface area contributed by atoms with E-state index in [9.17, 15) is 20.0 Å². The molecule has 1 aliphatic carbocycles. The van der Waals surface area contributed by atoms with Crippen molar-refractivity contribution in [1.29, 1.82) is 5.26 Å². The van der Waals surface area contributed by atoms with Crippen LogP contribution in [-0.4, -0.2) is 87.0 Å². The van der Waals surface area contributed by atoms with Gasteiger partial charge in [-0.25, -0.2) is 0 Å². The van der Waals surface area contributed by atoms with E-state index in [1.807, 2.05) is 43.6 Å². The Labute approximate surface area is 360 Å². The number of halogens is 1. The van der Waals surface area contributed by atoms with Crippen LogP contribution in [0.3, 0.4) is 0 Å². The molecule has 2 unspecified atom stereocenters. The first kappa shape index (κ1) is 45.1. The molecule has 13 heteroatoms. The number of aryl methyl sites for hydroxylation is 1. The van der Waals surface area contributed by atoms with Crippen LogP contribution >= 0.6 is 11.6 Å². The molecule has 1 amide bonds. The van der Waals surface area contributed by atoms with E-state index < -0.39 is 5.60 Å². The van der Waals surface area contributed by atoms with Gasteiger partial charge < -0.3 is 35.3 Å². The van der Waals surface area contributed by atoms with Crippen molar-refractivity contribution in [1.82, 2.24) is 31.5 Å². The Morgan fingerprint density at radius 3 is 2.33 bits per heavy atom. The highest BCUT2D eigenvalue weighted by Gasteiger charge is 2.64. The van der Waals surface area contributed by atoms with Gasteiger partial charge in [0.15, 0.2) is 0 Å². The molecule has 322 valence electrons. The zero-order valence-corrected chi connectivity index (χ0v) is 37.0. The topological polar surface area (TPSA) is 160 Å². The standard InChI is InChI=1S/C47H62ClN7O5/c1-45(2)42(46(3,4)43(45)60-34-17-13-30(24-49)38(48)23-34)54-41(57)31-25-52-44(53-26-31)55(8)21-9-10-29-11-15-33(16-12-29)59-40-18-14-32(47(5,6)58)22-36(40)37(27-50-7)35-19-20-51-39(35)28-56/h11-18,22-23,27-28,31,35,39,42-44,50-53,58H,9-10,19-21,25-26H2,1-8H3,(H,54,57)/b37-27+. The van der Waals surface area contributed by atoms with Crippen LogP contribution in [-0.2, 0) is 21.6 Å². The number of carbonyl (C=O) groups is 2. The highest BCUT2D eigenvalue weighted by atomic mass is 35.5. The molecule has 6 rings (SSSR count). The summed E-state index contributed by atoms with van der Waals surface area (Å²) in [6.45, 7) is 14.7. The third-order valence-electron chi connectivity index (χ3n) is 12.6. The lowest BCUT2D eigenvalue weighted by atomic mass is 9.49. The maximum Gasteiger partial charge on any atom is 0.225 e. The minimum Gasteiger partial charge on any atom is -0.489 e. The van der Waals surface area contributed by atoms with Crippen molar-refractivity contribution >= 4 is 29.4 Å². The molecule has 0 radical (unpaired) electrons. The molecule has 2 saturated heterocycles. The van der Waals surface area contributed by atoms with E-state index >= 15 is 0 Å². The zero-order valence-electron chi connectivity index (χ0n) is 36.2. The van der Waals surface area contributed by atoms with Gasteiger partial charge in [0.05, 0.1) is 28.1 Å². The Hall–Kier alpha value is -4.48. The predicted octanol–water partition coefficient (Wildman–Crippen LogP) is 5.92. The lowest BCUT2D eigenvalue weighted by Gasteiger charge is -2.63. The second-order valence-corrected chi connectivity index (χ2v) is 18.7. The van der Waals surface area contributed by atoms with Gasteiger partial charge in [-0.05, 0) is 99.8 Å². The quantitative estimate of drug-likeness (QED) is 0.0951. The predicted molar refractivity (Wildman–Crippen MR) is 236 cm³/mol. The second kappa shape index (κ2) is 18.6. The highest BCUT2D eigenvalue weighted by molar-refractivity contribution is 6.31. The largest absolute Gasteiger partial charge is 0.489 e. The summed E-state index contributed by atoms with van der Waals surface area (Å²) in [6.07, 6.45) is 5.34. The Morgan fingerprint density at radius 2 is 1.72 bits per heavy atom. The van der Waals surface area contributed by atoms with Crippen LogP contribution in [0.15, 0.2) is 66.9 Å². The van der Waals surface area contributed by atoms with E-state index in [2.05, 4.69) is 84.4 Å². The number of aliphatic hydroxyl groups is 1. The Balaban J connectivity index is 0.979. The van der Waals surface area contributed by atoms with E-state index in [1.165, 1.54) is 5.56 Å². The molecule has 60 heavy (non-hydrogen) atoms. The van der Waals surface area contributed by atoms with Crippen molar-refractivity contribution in [3.63, 3.8) is 0 Å². The molecule has 12 nitrogen and oxygen atoms in total. The molecule has 2 atom stereocenters. The number of ether oxygens (including phenoxy) is 2. The summed E-state index contributed by atoms with van der Waals surface area (Å²) in [5, 5.41) is 37.3. The molecule has 0 spiro atoms. The van der Waals surface area contributed by atoms with Gasteiger partial charge in [0, 0.05) is 67.3 Å². The molecular weight excluding hydrogens is 778 g/mol. The van der Waals surface area contributed by atoms with Gasteiger partial charge in [0.25, 0.3) is 0 Å². The van der Waals surface area contributed by atoms with Gasteiger partial charge in [0.1, 0.15) is 42.0 Å². The fourth-order valence-electron chi connectivity index (χ4n) is 9.50. The smallest absolute Gasteiger partial charge is 0.225 e. The molecule has 2 aliphatic heterocycles. The number of nitrogens with zero attached hydrogens (tertiary/aromatic N) is 2. The van der Waals surface area contributed by atoms with Crippen LogP contribution < -0.4 is 36.1 Å². The number of nitriles is 1. The molecule has 3 fully saturated rings. The van der Waals surface area contributed by atoms with Gasteiger partial charge in [-0.15, -0.1) is 0 Å². The molecule has 3 aliphatic rings. The summed E-state index contributed by atoms with van der Waals surface area (Å²) in [6, 6.07) is 20.7. The first-order valence-corrected chi connectivity index (χ1v) is 21.4. The molecular formula is C47H62ClN7O5.